The summed E-state index contributed by atoms with van der Waals surface area (Å²) in [4.78, 5) is 29.3. The van der Waals surface area contributed by atoms with Gasteiger partial charge < -0.3 is 14.9 Å². The molecule has 2 aliphatic rings. The van der Waals surface area contributed by atoms with E-state index in [2.05, 4.69) is 4.90 Å². The van der Waals surface area contributed by atoms with Crippen molar-refractivity contribution < 1.29 is 19.1 Å². The maximum atomic E-state index is 13.8. The lowest BCUT2D eigenvalue weighted by molar-refractivity contribution is -0.129. The van der Waals surface area contributed by atoms with Crippen molar-refractivity contribution in [2.75, 3.05) is 26.2 Å². The summed E-state index contributed by atoms with van der Waals surface area (Å²) in [5.74, 6) is -2.13. The van der Waals surface area contributed by atoms with Crippen molar-refractivity contribution >= 4 is 11.7 Å². The highest BCUT2D eigenvalue weighted by atomic mass is 19.1. The fraction of sp³-hybridized carbons (Fsp3) is 0.524. The molecule has 3 rings (SSSR count). The Labute approximate surface area is 159 Å². The van der Waals surface area contributed by atoms with Crippen LogP contribution in [-0.2, 0) is 9.59 Å². The Morgan fingerprint density at radius 3 is 2.56 bits per heavy atom. The van der Waals surface area contributed by atoms with Gasteiger partial charge in [-0.3, -0.25) is 9.59 Å². The molecule has 0 spiro atoms. The number of nitrogens with zero attached hydrogens (tertiary/aromatic N) is 2. The molecule has 1 N–H and O–H groups in total. The van der Waals surface area contributed by atoms with Gasteiger partial charge in [0.15, 0.2) is 11.5 Å². The van der Waals surface area contributed by atoms with Gasteiger partial charge in [-0.15, -0.1) is 0 Å². The first-order valence-electron chi connectivity index (χ1n) is 9.66. The maximum Gasteiger partial charge on any atom is 0.290 e. The minimum absolute atomic E-state index is 0.0826. The lowest BCUT2D eigenvalue weighted by atomic mass is 9.91. The summed E-state index contributed by atoms with van der Waals surface area (Å²) in [7, 11) is 0. The Morgan fingerprint density at radius 2 is 1.93 bits per heavy atom. The van der Waals surface area contributed by atoms with Gasteiger partial charge in [0, 0.05) is 19.0 Å². The van der Waals surface area contributed by atoms with Crippen LogP contribution >= 0.6 is 0 Å². The zero-order valence-electron chi connectivity index (χ0n) is 15.9. The molecule has 1 aromatic carbocycles. The monoisotopic (exact) mass is 374 g/mol. The first-order valence-corrected chi connectivity index (χ1v) is 9.66. The second-order valence-electron chi connectivity index (χ2n) is 7.64. The van der Waals surface area contributed by atoms with Crippen LogP contribution < -0.4 is 0 Å². The Balaban J connectivity index is 1.91. The van der Waals surface area contributed by atoms with E-state index >= 15 is 0 Å². The van der Waals surface area contributed by atoms with Gasteiger partial charge in [0.2, 0.25) is 0 Å². The normalized spacial score (nSPS) is 21.4. The van der Waals surface area contributed by atoms with E-state index in [0.717, 1.165) is 25.9 Å². The molecule has 1 amide bonds. The molecule has 1 atom stereocenters. The van der Waals surface area contributed by atoms with Crippen molar-refractivity contribution in [3.8, 4) is 0 Å². The Bertz CT molecular complexity index is 754. The maximum absolute atomic E-state index is 13.8. The quantitative estimate of drug-likeness (QED) is 0.830. The van der Waals surface area contributed by atoms with Crippen LogP contribution in [0.4, 0.5) is 4.39 Å². The van der Waals surface area contributed by atoms with Crippen LogP contribution in [0.3, 0.4) is 0 Å². The summed E-state index contributed by atoms with van der Waals surface area (Å²) in [6.45, 7) is 6.50. The van der Waals surface area contributed by atoms with Gasteiger partial charge in [0.05, 0.1) is 11.6 Å². The number of hydrogen-bond donors (Lipinski definition) is 1. The Morgan fingerprint density at radius 1 is 1.22 bits per heavy atom. The summed E-state index contributed by atoms with van der Waals surface area (Å²) in [6, 6.07) is 5.17. The van der Waals surface area contributed by atoms with E-state index in [0.29, 0.717) is 18.7 Å². The summed E-state index contributed by atoms with van der Waals surface area (Å²) in [5, 5.41) is 10.4. The summed E-state index contributed by atoms with van der Waals surface area (Å²) < 4.78 is 13.8. The van der Waals surface area contributed by atoms with Gasteiger partial charge in [-0.25, -0.2) is 4.39 Å². The molecule has 5 nitrogen and oxygen atoms in total. The number of aliphatic hydroxyl groups is 1. The number of rotatable bonds is 6. The summed E-state index contributed by atoms with van der Waals surface area (Å²) in [5.41, 5.74) is 0.592. The molecule has 0 aromatic heterocycles. The van der Waals surface area contributed by atoms with E-state index in [1.165, 1.54) is 23.5 Å². The second kappa shape index (κ2) is 8.21. The number of carbonyl (C=O) groups excluding carboxylic acids is 2. The summed E-state index contributed by atoms with van der Waals surface area (Å²) >= 11 is 0. The van der Waals surface area contributed by atoms with Gasteiger partial charge in [0.1, 0.15) is 5.82 Å². The highest BCUT2D eigenvalue weighted by molar-refractivity contribution is 6.09. The van der Waals surface area contributed by atoms with E-state index < -0.39 is 23.5 Å². The highest BCUT2D eigenvalue weighted by Crippen LogP contribution is 2.38. The van der Waals surface area contributed by atoms with Crippen LogP contribution in [0.2, 0.25) is 0 Å². The van der Waals surface area contributed by atoms with Gasteiger partial charge in [-0.05, 0) is 43.6 Å². The number of piperidine rings is 1. The molecule has 0 saturated carbocycles. The third kappa shape index (κ3) is 4.05. The van der Waals surface area contributed by atoms with Gasteiger partial charge in [-0.1, -0.05) is 32.4 Å². The van der Waals surface area contributed by atoms with Gasteiger partial charge >= 0.3 is 0 Å². The Kier molecular flexibility index (Phi) is 5.95. The Hall–Kier alpha value is -2.21. The molecule has 0 bridgehead atoms. The zero-order valence-corrected chi connectivity index (χ0v) is 15.9. The fourth-order valence-electron chi connectivity index (χ4n) is 3.90. The number of halogens is 1. The van der Waals surface area contributed by atoms with Crippen molar-refractivity contribution in [1.29, 1.82) is 0 Å². The number of ketones is 1. The van der Waals surface area contributed by atoms with E-state index in [1.807, 2.05) is 0 Å². The molecule has 0 radical (unpaired) electrons. The number of carbonyl (C=O) groups is 2. The lowest BCUT2D eigenvalue weighted by Gasteiger charge is -2.32. The topological polar surface area (TPSA) is 60.9 Å². The lowest BCUT2D eigenvalue weighted by Crippen LogP contribution is -2.40. The number of Topliss-reactive ketones (excluding diaryl/α,β-unsaturated/α-hetero) is 1. The number of amides is 1. The van der Waals surface area contributed by atoms with Crippen LogP contribution in [0, 0.1) is 11.7 Å². The number of hydrogen-bond acceptors (Lipinski definition) is 4. The van der Waals surface area contributed by atoms with E-state index in [4.69, 9.17) is 0 Å². The van der Waals surface area contributed by atoms with E-state index in [9.17, 15) is 19.1 Å². The highest BCUT2D eigenvalue weighted by Gasteiger charge is 2.43. The van der Waals surface area contributed by atoms with Crippen LogP contribution in [0.25, 0.3) is 0 Å². The van der Waals surface area contributed by atoms with Crippen LogP contribution in [0.15, 0.2) is 35.6 Å². The average Bonchev–Trinajstić information content (AvgIpc) is 2.91. The zero-order chi connectivity index (χ0) is 19.6. The van der Waals surface area contributed by atoms with Crippen molar-refractivity contribution in [3.63, 3.8) is 0 Å². The second-order valence-corrected chi connectivity index (χ2v) is 7.64. The average molecular weight is 374 g/mol. The molecule has 2 heterocycles. The minimum atomic E-state index is -0.743. The molecule has 1 aromatic rings. The molecular formula is C21H27FN2O3. The molecule has 1 saturated heterocycles. The number of aliphatic hydroxyl groups excluding tert-OH is 1. The molecule has 1 fully saturated rings. The summed E-state index contributed by atoms with van der Waals surface area (Å²) in [6.07, 6.45) is 3.50. The van der Waals surface area contributed by atoms with Crippen molar-refractivity contribution in [2.24, 2.45) is 5.92 Å². The SMILES string of the molecule is CC(C)C(=O)C1=C(O)C(=O)N(CCN2CCCCC2)C1c1cccc(F)c1. The van der Waals surface area contributed by atoms with Gasteiger partial charge in [0.25, 0.3) is 5.91 Å². The van der Waals surface area contributed by atoms with E-state index in [1.54, 1.807) is 26.0 Å². The largest absolute Gasteiger partial charge is 0.503 e. The van der Waals surface area contributed by atoms with Crippen LogP contribution in [-0.4, -0.2) is 52.8 Å². The van der Waals surface area contributed by atoms with Crippen molar-refractivity contribution in [1.82, 2.24) is 9.80 Å². The fourth-order valence-corrected chi connectivity index (χ4v) is 3.90. The molecule has 1 unspecified atom stereocenters. The van der Waals surface area contributed by atoms with Crippen molar-refractivity contribution in [3.05, 3.63) is 47.0 Å². The number of likely N-dealkylation sites (tertiary alicyclic amines) is 1. The number of benzene rings is 1. The first kappa shape index (κ1) is 19.5. The standard InChI is InChI=1S/C21H27FN2O3/c1-14(2)19(25)17-18(15-7-6-8-16(22)13-15)24(21(27)20(17)26)12-11-23-9-4-3-5-10-23/h6-8,13-14,18,26H,3-5,9-12H2,1-2H3. The predicted octanol–water partition coefficient (Wildman–Crippen LogP) is 3.23. The molecule has 2 aliphatic heterocycles. The van der Waals surface area contributed by atoms with Crippen LogP contribution in [0.5, 0.6) is 0 Å². The molecular weight excluding hydrogens is 347 g/mol. The minimum Gasteiger partial charge on any atom is -0.503 e. The van der Waals surface area contributed by atoms with Gasteiger partial charge in [-0.2, -0.15) is 0 Å². The molecule has 6 heteroatoms. The smallest absolute Gasteiger partial charge is 0.290 e. The third-order valence-electron chi connectivity index (χ3n) is 5.36. The predicted molar refractivity (Wildman–Crippen MR) is 101 cm³/mol. The van der Waals surface area contributed by atoms with E-state index in [-0.39, 0.29) is 17.3 Å². The molecule has 27 heavy (non-hydrogen) atoms. The first-order chi connectivity index (χ1) is 12.9. The molecule has 0 aliphatic carbocycles. The molecule has 146 valence electrons. The van der Waals surface area contributed by atoms with Crippen molar-refractivity contribution in [2.45, 2.75) is 39.2 Å². The third-order valence-corrected chi connectivity index (χ3v) is 5.36. The van der Waals surface area contributed by atoms with Crippen LogP contribution in [0.1, 0.15) is 44.7 Å².